The van der Waals surface area contributed by atoms with Crippen LogP contribution in [0.3, 0.4) is 0 Å². The van der Waals surface area contributed by atoms with Gasteiger partial charge in [-0.05, 0) is 24.6 Å². The molecule has 0 bridgehead atoms. The van der Waals surface area contributed by atoms with Crippen LogP contribution < -0.4 is 5.56 Å². The summed E-state index contributed by atoms with van der Waals surface area (Å²) in [5, 5.41) is 10.8. The first-order valence-electron chi connectivity index (χ1n) is 5.57. The second-order valence-corrected chi connectivity index (χ2v) is 4.19. The van der Waals surface area contributed by atoms with E-state index < -0.39 is 10.7 Å². The minimum absolute atomic E-state index is 0.0950. The lowest BCUT2D eigenvalue weighted by molar-refractivity contribution is -0.385. The zero-order chi connectivity index (χ0) is 14.0. The molecular formula is C13H11FN2O3. The highest BCUT2D eigenvalue weighted by molar-refractivity contribution is 5.36. The van der Waals surface area contributed by atoms with E-state index in [-0.39, 0.29) is 17.8 Å². The van der Waals surface area contributed by atoms with Gasteiger partial charge in [-0.3, -0.25) is 14.9 Å². The van der Waals surface area contributed by atoms with Gasteiger partial charge < -0.3 is 4.57 Å². The van der Waals surface area contributed by atoms with Crippen molar-refractivity contribution in [3.8, 4) is 0 Å². The summed E-state index contributed by atoms with van der Waals surface area (Å²) >= 11 is 0. The van der Waals surface area contributed by atoms with Crippen molar-refractivity contribution in [3.63, 3.8) is 0 Å². The molecule has 2 aromatic rings. The summed E-state index contributed by atoms with van der Waals surface area (Å²) in [6, 6.07) is 6.97. The quantitative estimate of drug-likeness (QED) is 0.629. The molecule has 0 saturated carbocycles. The maximum absolute atomic E-state index is 13.0. The average Bonchev–Trinajstić information content (AvgIpc) is 2.32. The van der Waals surface area contributed by atoms with Crippen LogP contribution in [0.5, 0.6) is 0 Å². The van der Waals surface area contributed by atoms with E-state index in [0.717, 1.165) is 0 Å². The average molecular weight is 262 g/mol. The maximum atomic E-state index is 13.0. The van der Waals surface area contributed by atoms with Gasteiger partial charge in [-0.15, -0.1) is 0 Å². The zero-order valence-electron chi connectivity index (χ0n) is 10.2. The van der Waals surface area contributed by atoms with Crippen molar-refractivity contribution in [1.29, 1.82) is 0 Å². The van der Waals surface area contributed by atoms with Crippen molar-refractivity contribution in [1.82, 2.24) is 4.57 Å². The number of nitrogens with zero attached hydrogens (tertiary/aromatic N) is 2. The Kier molecular flexibility index (Phi) is 3.41. The number of pyridine rings is 1. The summed E-state index contributed by atoms with van der Waals surface area (Å²) in [5.41, 5.74) is 0.397. The summed E-state index contributed by atoms with van der Waals surface area (Å²) in [4.78, 5) is 22.0. The lowest BCUT2D eigenvalue weighted by Gasteiger charge is -2.07. The van der Waals surface area contributed by atoms with Crippen LogP contribution in [-0.4, -0.2) is 9.49 Å². The number of halogens is 1. The topological polar surface area (TPSA) is 65.1 Å². The molecule has 0 fully saturated rings. The van der Waals surface area contributed by atoms with Gasteiger partial charge in [0.15, 0.2) is 0 Å². The van der Waals surface area contributed by atoms with Gasteiger partial charge in [-0.2, -0.15) is 0 Å². The number of hydrogen-bond acceptors (Lipinski definition) is 3. The Morgan fingerprint density at radius 3 is 2.74 bits per heavy atom. The molecule has 2 rings (SSSR count). The van der Waals surface area contributed by atoms with E-state index in [1.165, 1.54) is 42.0 Å². The molecule has 19 heavy (non-hydrogen) atoms. The minimum Gasteiger partial charge on any atom is -0.304 e. The zero-order valence-corrected chi connectivity index (χ0v) is 10.2. The number of benzene rings is 1. The highest BCUT2D eigenvalue weighted by Crippen LogP contribution is 2.15. The van der Waals surface area contributed by atoms with Crippen molar-refractivity contribution in [2.45, 2.75) is 13.5 Å². The number of hydrogen-bond donors (Lipinski definition) is 0. The van der Waals surface area contributed by atoms with Crippen LogP contribution in [0.1, 0.15) is 11.1 Å². The van der Waals surface area contributed by atoms with Crippen LogP contribution in [0.15, 0.2) is 41.3 Å². The summed E-state index contributed by atoms with van der Waals surface area (Å²) in [7, 11) is 0. The molecule has 1 heterocycles. The Morgan fingerprint density at radius 2 is 2.11 bits per heavy atom. The van der Waals surface area contributed by atoms with E-state index in [9.17, 15) is 19.3 Å². The monoisotopic (exact) mass is 262 g/mol. The van der Waals surface area contributed by atoms with Gasteiger partial charge in [0.2, 0.25) is 0 Å². The summed E-state index contributed by atoms with van der Waals surface area (Å²) in [6.07, 6.45) is 1.18. The molecule has 1 aromatic carbocycles. The van der Waals surface area contributed by atoms with Crippen molar-refractivity contribution in [3.05, 3.63) is 73.9 Å². The van der Waals surface area contributed by atoms with Crippen molar-refractivity contribution in [2.75, 3.05) is 0 Å². The van der Waals surface area contributed by atoms with Crippen LogP contribution >= 0.6 is 0 Å². The lowest BCUT2D eigenvalue weighted by Crippen LogP contribution is -2.20. The van der Waals surface area contributed by atoms with Crippen LogP contribution in [-0.2, 0) is 6.54 Å². The third-order valence-corrected chi connectivity index (χ3v) is 2.74. The predicted octanol–water partition coefficient (Wildman–Crippen LogP) is 2.25. The largest absolute Gasteiger partial charge is 0.304 e. The van der Waals surface area contributed by atoms with E-state index in [1.807, 2.05) is 0 Å². The van der Waals surface area contributed by atoms with E-state index in [4.69, 9.17) is 0 Å². The Bertz CT molecular complexity index is 695. The van der Waals surface area contributed by atoms with Crippen LogP contribution in [0.25, 0.3) is 0 Å². The Morgan fingerprint density at radius 1 is 1.37 bits per heavy atom. The molecule has 0 radical (unpaired) electrons. The fraction of sp³-hybridized carbons (Fsp3) is 0.154. The van der Waals surface area contributed by atoms with Gasteiger partial charge in [0.1, 0.15) is 5.82 Å². The van der Waals surface area contributed by atoms with Crippen molar-refractivity contribution in [2.24, 2.45) is 0 Å². The standard InChI is InChI=1S/C13H11FN2O3/c1-9-5-13(17)15(8-12(9)16(18)19)7-10-3-2-4-11(14)6-10/h2-6,8H,7H2,1H3. The Labute approximate surface area is 108 Å². The fourth-order valence-electron chi connectivity index (χ4n) is 1.80. The third-order valence-electron chi connectivity index (χ3n) is 2.74. The first-order valence-corrected chi connectivity index (χ1v) is 5.57. The van der Waals surface area contributed by atoms with E-state index in [1.54, 1.807) is 6.07 Å². The molecule has 0 atom stereocenters. The molecule has 0 unspecified atom stereocenters. The third kappa shape index (κ3) is 2.85. The smallest absolute Gasteiger partial charge is 0.288 e. The van der Waals surface area contributed by atoms with Gasteiger partial charge in [0, 0.05) is 11.6 Å². The molecule has 5 nitrogen and oxygen atoms in total. The Hall–Kier alpha value is -2.50. The number of aromatic nitrogens is 1. The molecule has 1 aromatic heterocycles. The summed E-state index contributed by atoms with van der Waals surface area (Å²) in [5.74, 6) is -0.410. The first-order chi connectivity index (χ1) is 8.97. The molecule has 0 saturated heterocycles. The van der Waals surface area contributed by atoms with Gasteiger partial charge in [0.05, 0.1) is 17.7 Å². The molecule has 0 N–H and O–H groups in total. The molecule has 98 valence electrons. The lowest BCUT2D eigenvalue weighted by atomic mass is 10.2. The SMILES string of the molecule is Cc1cc(=O)n(Cc2cccc(F)c2)cc1[N+](=O)[O-]. The van der Waals surface area contributed by atoms with Gasteiger partial charge >= 0.3 is 0 Å². The van der Waals surface area contributed by atoms with Crippen LogP contribution in [0, 0.1) is 22.9 Å². The normalized spacial score (nSPS) is 10.4. The Balaban J connectivity index is 2.43. The fourth-order valence-corrected chi connectivity index (χ4v) is 1.80. The van der Waals surface area contributed by atoms with E-state index in [0.29, 0.717) is 11.1 Å². The van der Waals surface area contributed by atoms with Gasteiger partial charge in [0.25, 0.3) is 11.2 Å². The maximum Gasteiger partial charge on any atom is 0.288 e. The second kappa shape index (κ2) is 5.01. The molecule has 0 amide bonds. The number of aryl methyl sites for hydroxylation is 1. The molecule has 0 aliphatic carbocycles. The molecular weight excluding hydrogens is 251 g/mol. The molecule has 0 spiro atoms. The summed E-state index contributed by atoms with van der Waals surface area (Å²) in [6.45, 7) is 1.60. The number of rotatable bonds is 3. The molecule has 0 aliphatic rings. The second-order valence-electron chi connectivity index (χ2n) is 4.19. The number of nitro groups is 1. The van der Waals surface area contributed by atoms with Crippen molar-refractivity contribution < 1.29 is 9.31 Å². The van der Waals surface area contributed by atoms with Crippen LogP contribution in [0.4, 0.5) is 10.1 Å². The van der Waals surface area contributed by atoms with E-state index in [2.05, 4.69) is 0 Å². The van der Waals surface area contributed by atoms with Gasteiger partial charge in [-0.25, -0.2) is 4.39 Å². The molecule has 0 aliphatic heterocycles. The predicted molar refractivity (Wildman–Crippen MR) is 67.6 cm³/mol. The highest BCUT2D eigenvalue weighted by atomic mass is 19.1. The van der Waals surface area contributed by atoms with Crippen LogP contribution in [0.2, 0.25) is 0 Å². The summed E-state index contributed by atoms with van der Waals surface area (Å²) < 4.78 is 14.2. The first kappa shape index (κ1) is 12.9. The molecule has 6 heteroatoms. The van der Waals surface area contributed by atoms with Gasteiger partial charge in [-0.1, -0.05) is 12.1 Å². The van der Waals surface area contributed by atoms with E-state index >= 15 is 0 Å². The highest BCUT2D eigenvalue weighted by Gasteiger charge is 2.13. The van der Waals surface area contributed by atoms with Crippen molar-refractivity contribution >= 4 is 5.69 Å². The minimum atomic E-state index is -0.545.